The van der Waals surface area contributed by atoms with Crippen molar-refractivity contribution in [1.29, 1.82) is 0 Å². The maximum atomic E-state index is 13.9. The van der Waals surface area contributed by atoms with Crippen molar-refractivity contribution in [2.45, 2.75) is 35.8 Å². The molecule has 0 saturated carbocycles. The van der Waals surface area contributed by atoms with E-state index in [1.165, 1.54) is 53.8 Å². The summed E-state index contributed by atoms with van der Waals surface area (Å²) in [5.41, 5.74) is 1.01. The van der Waals surface area contributed by atoms with Crippen LogP contribution in [0, 0.1) is 17.6 Å². The lowest BCUT2D eigenvalue weighted by Crippen LogP contribution is -2.50. The fourth-order valence-electron chi connectivity index (χ4n) is 4.43. The summed E-state index contributed by atoms with van der Waals surface area (Å²) in [6, 6.07) is 13.9. The number of hydrogen-bond donors (Lipinski definition) is 1. The van der Waals surface area contributed by atoms with Crippen LogP contribution in [0.1, 0.15) is 13.8 Å². The van der Waals surface area contributed by atoms with Crippen LogP contribution in [-0.4, -0.2) is 69.4 Å². The van der Waals surface area contributed by atoms with E-state index in [9.17, 15) is 30.7 Å². The van der Waals surface area contributed by atoms with Crippen LogP contribution >= 0.6 is 0 Å². The molecule has 39 heavy (non-hydrogen) atoms. The Morgan fingerprint density at radius 1 is 1.05 bits per heavy atom. The summed E-state index contributed by atoms with van der Waals surface area (Å²) in [4.78, 5) is -0.249. The minimum Gasteiger partial charge on any atom is -0.487 e. The van der Waals surface area contributed by atoms with E-state index in [1.807, 2.05) is 0 Å². The molecule has 1 aliphatic heterocycles. The summed E-state index contributed by atoms with van der Waals surface area (Å²) in [5.74, 6) is -1.56. The molecule has 8 nitrogen and oxygen atoms in total. The molecule has 4 rings (SSSR count). The van der Waals surface area contributed by atoms with E-state index < -0.39 is 56.4 Å². The second-order valence-electron chi connectivity index (χ2n) is 9.65. The average molecular weight is 581 g/mol. The number of rotatable bonds is 7. The molecule has 0 amide bonds. The molecule has 0 fully saturated rings. The van der Waals surface area contributed by atoms with E-state index in [0.29, 0.717) is 11.1 Å². The van der Waals surface area contributed by atoms with Gasteiger partial charge in [0.15, 0.2) is 0 Å². The Kier molecular flexibility index (Phi) is 8.43. The molecule has 210 valence electrons. The molecule has 0 aromatic heterocycles. The Morgan fingerprint density at radius 2 is 1.72 bits per heavy atom. The molecular formula is C27H30F2N2O6S2. The van der Waals surface area contributed by atoms with E-state index in [4.69, 9.17) is 4.74 Å². The van der Waals surface area contributed by atoms with Crippen molar-refractivity contribution in [2.75, 3.05) is 26.7 Å². The summed E-state index contributed by atoms with van der Waals surface area (Å²) in [5, 5.41) is 9.81. The molecular weight excluding hydrogens is 550 g/mol. The molecule has 0 radical (unpaired) electrons. The third kappa shape index (κ3) is 5.99. The van der Waals surface area contributed by atoms with Crippen molar-refractivity contribution in [3.05, 3.63) is 78.4 Å². The van der Waals surface area contributed by atoms with E-state index in [0.717, 1.165) is 16.4 Å². The number of ether oxygens (including phenoxy) is 1. The third-order valence-electron chi connectivity index (χ3n) is 6.78. The SMILES string of the molecule is C[C@H](CO)N1C[C@H](C)[C@@H](CN(C)S(=O)(=O)c2ccc(F)cc2)Oc2cc(-c3cccc(F)c3)ccc2S1(=O)=O. The standard InChI is InChI=1S/C27H30F2N2O6S2/c1-18-15-31(19(2)17-32)39(35,36)27-12-7-21(20-5-4-6-23(29)13-20)14-25(27)37-26(18)16-30(3)38(33,34)24-10-8-22(28)9-11-24/h4-14,18-19,26,32H,15-17H2,1-3H3/t18-,19+,26+/m0/s1. The van der Waals surface area contributed by atoms with Crippen LogP contribution in [-0.2, 0) is 20.0 Å². The van der Waals surface area contributed by atoms with Gasteiger partial charge < -0.3 is 9.84 Å². The second kappa shape index (κ2) is 11.3. The zero-order valence-corrected chi connectivity index (χ0v) is 23.3. The molecule has 12 heteroatoms. The number of aliphatic hydroxyl groups is 1. The van der Waals surface area contributed by atoms with E-state index >= 15 is 0 Å². The van der Waals surface area contributed by atoms with Gasteiger partial charge in [-0.05, 0) is 66.6 Å². The zero-order valence-electron chi connectivity index (χ0n) is 21.7. The maximum absolute atomic E-state index is 13.9. The zero-order chi connectivity index (χ0) is 28.5. The van der Waals surface area contributed by atoms with Crippen molar-refractivity contribution in [3.8, 4) is 16.9 Å². The molecule has 0 spiro atoms. The second-order valence-corrected chi connectivity index (χ2v) is 13.6. The number of halogens is 2. The molecule has 0 aliphatic carbocycles. The molecule has 0 bridgehead atoms. The van der Waals surface area contributed by atoms with Gasteiger partial charge in [-0.3, -0.25) is 0 Å². The highest BCUT2D eigenvalue weighted by molar-refractivity contribution is 7.89. The molecule has 3 aromatic carbocycles. The van der Waals surface area contributed by atoms with Gasteiger partial charge in [0.1, 0.15) is 28.4 Å². The Labute approximate surface area is 227 Å². The quantitative estimate of drug-likeness (QED) is 0.457. The highest BCUT2D eigenvalue weighted by Gasteiger charge is 2.39. The highest BCUT2D eigenvalue weighted by atomic mass is 32.2. The topological polar surface area (TPSA) is 104 Å². The number of sulfonamides is 2. The third-order valence-corrected chi connectivity index (χ3v) is 10.6. The Hall–Kier alpha value is -2.90. The Morgan fingerprint density at radius 3 is 2.36 bits per heavy atom. The van der Waals surface area contributed by atoms with Gasteiger partial charge in [0, 0.05) is 25.6 Å². The van der Waals surface area contributed by atoms with Crippen molar-refractivity contribution in [1.82, 2.24) is 8.61 Å². The van der Waals surface area contributed by atoms with E-state index in [-0.39, 0.29) is 28.6 Å². The van der Waals surface area contributed by atoms with Crippen LogP contribution in [0.25, 0.3) is 11.1 Å². The summed E-state index contributed by atoms with van der Waals surface area (Å²) >= 11 is 0. The van der Waals surface area contributed by atoms with Gasteiger partial charge in [-0.2, -0.15) is 8.61 Å². The number of aliphatic hydroxyl groups excluding tert-OH is 1. The minimum absolute atomic E-state index is 0.0176. The predicted octanol–water partition coefficient (Wildman–Crippen LogP) is 3.72. The van der Waals surface area contributed by atoms with Gasteiger partial charge in [0.2, 0.25) is 20.0 Å². The van der Waals surface area contributed by atoms with Crippen LogP contribution < -0.4 is 4.74 Å². The number of nitrogens with zero attached hydrogens (tertiary/aromatic N) is 2. The first-order valence-electron chi connectivity index (χ1n) is 12.3. The van der Waals surface area contributed by atoms with Gasteiger partial charge in [-0.1, -0.05) is 25.1 Å². The summed E-state index contributed by atoms with van der Waals surface area (Å²) in [6.07, 6.45) is -0.810. The first-order valence-corrected chi connectivity index (χ1v) is 15.1. The Bertz CT molecular complexity index is 1550. The van der Waals surface area contributed by atoms with E-state index in [2.05, 4.69) is 0 Å². The Balaban J connectivity index is 1.77. The molecule has 3 atom stereocenters. The minimum atomic E-state index is -4.11. The van der Waals surface area contributed by atoms with Gasteiger partial charge in [-0.25, -0.2) is 25.6 Å². The van der Waals surface area contributed by atoms with Gasteiger partial charge in [0.05, 0.1) is 18.0 Å². The number of benzene rings is 3. The van der Waals surface area contributed by atoms with Crippen molar-refractivity contribution < 1.29 is 35.5 Å². The normalized spacial score (nSPS) is 20.5. The summed E-state index contributed by atoms with van der Waals surface area (Å²) in [6.45, 7) is 2.70. The first-order chi connectivity index (χ1) is 18.3. The maximum Gasteiger partial charge on any atom is 0.247 e. The molecule has 0 saturated heterocycles. The smallest absolute Gasteiger partial charge is 0.247 e. The van der Waals surface area contributed by atoms with Crippen LogP contribution in [0.3, 0.4) is 0 Å². The largest absolute Gasteiger partial charge is 0.487 e. The van der Waals surface area contributed by atoms with E-state index in [1.54, 1.807) is 26.0 Å². The lowest BCUT2D eigenvalue weighted by Gasteiger charge is -2.37. The first kappa shape index (κ1) is 29.1. The highest BCUT2D eigenvalue weighted by Crippen LogP contribution is 2.37. The van der Waals surface area contributed by atoms with Crippen molar-refractivity contribution in [3.63, 3.8) is 0 Å². The average Bonchev–Trinajstić information content (AvgIpc) is 2.90. The predicted molar refractivity (Wildman–Crippen MR) is 142 cm³/mol. The fourth-order valence-corrected chi connectivity index (χ4v) is 7.44. The molecule has 1 heterocycles. The van der Waals surface area contributed by atoms with Gasteiger partial charge in [0.25, 0.3) is 0 Å². The lowest BCUT2D eigenvalue weighted by molar-refractivity contribution is 0.0905. The van der Waals surface area contributed by atoms with Crippen LogP contribution in [0.5, 0.6) is 5.75 Å². The molecule has 1 N–H and O–H groups in total. The number of likely N-dealkylation sites (N-methyl/N-ethyl adjacent to an activating group) is 1. The van der Waals surface area contributed by atoms with Crippen LogP contribution in [0.4, 0.5) is 8.78 Å². The summed E-state index contributed by atoms with van der Waals surface area (Å²) in [7, 11) is -6.77. The lowest BCUT2D eigenvalue weighted by atomic mass is 10.0. The summed E-state index contributed by atoms with van der Waals surface area (Å²) < 4.78 is 89.5. The number of hydrogen-bond acceptors (Lipinski definition) is 6. The van der Waals surface area contributed by atoms with Gasteiger partial charge >= 0.3 is 0 Å². The fraction of sp³-hybridized carbons (Fsp3) is 0.333. The molecule has 3 aromatic rings. The molecule has 1 aliphatic rings. The van der Waals surface area contributed by atoms with Gasteiger partial charge in [-0.15, -0.1) is 0 Å². The van der Waals surface area contributed by atoms with Crippen molar-refractivity contribution in [2.24, 2.45) is 5.92 Å². The monoisotopic (exact) mass is 580 g/mol. The molecule has 0 unspecified atom stereocenters. The van der Waals surface area contributed by atoms with Crippen LogP contribution in [0.15, 0.2) is 76.5 Å². The van der Waals surface area contributed by atoms with Crippen LogP contribution in [0.2, 0.25) is 0 Å². The van der Waals surface area contributed by atoms with Crippen molar-refractivity contribution >= 4 is 20.0 Å². The number of fused-ring (bicyclic) bond motifs is 1.